The molecule has 0 radical (unpaired) electrons. The molecule has 0 spiro atoms. The topological polar surface area (TPSA) is 29.9 Å². The summed E-state index contributed by atoms with van der Waals surface area (Å²) in [6.45, 7) is 5.54. The number of nitrogens with zero attached hydrogens (tertiary/aromatic N) is 2. The van der Waals surface area contributed by atoms with Crippen molar-refractivity contribution < 1.29 is 0 Å². The molecule has 0 bridgehead atoms. The van der Waals surface area contributed by atoms with E-state index in [2.05, 4.69) is 30.3 Å². The number of piperidine rings is 1. The van der Waals surface area contributed by atoms with E-state index in [4.69, 9.17) is 0 Å². The highest BCUT2D eigenvalue weighted by molar-refractivity contribution is 7.18. The number of hydrogen-bond donors (Lipinski definition) is 1. The fraction of sp³-hybridized carbons (Fsp3) is 0.615. The lowest BCUT2D eigenvalue weighted by atomic mass is 9.92. The lowest BCUT2D eigenvalue weighted by Gasteiger charge is -2.27. The number of aryl methyl sites for hydroxylation is 2. The Morgan fingerprint density at radius 2 is 2.35 bits per heavy atom. The summed E-state index contributed by atoms with van der Waals surface area (Å²) in [5.74, 6) is 0.739. The van der Waals surface area contributed by atoms with Gasteiger partial charge in [-0.2, -0.15) is 5.10 Å². The van der Waals surface area contributed by atoms with Gasteiger partial charge in [-0.25, -0.2) is 0 Å². The van der Waals surface area contributed by atoms with E-state index in [9.17, 15) is 0 Å². The normalized spacial score (nSPS) is 25.6. The van der Waals surface area contributed by atoms with Gasteiger partial charge >= 0.3 is 0 Å². The van der Waals surface area contributed by atoms with Crippen LogP contribution in [0.25, 0.3) is 10.2 Å². The maximum atomic E-state index is 4.47. The molecule has 1 aliphatic rings. The Morgan fingerprint density at radius 3 is 3.06 bits per heavy atom. The van der Waals surface area contributed by atoms with Gasteiger partial charge in [-0.3, -0.25) is 4.68 Å². The second-order valence-corrected chi connectivity index (χ2v) is 6.22. The fourth-order valence-corrected chi connectivity index (χ4v) is 4.09. The summed E-state index contributed by atoms with van der Waals surface area (Å²) < 4.78 is 2.02. The molecule has 2 unspecified atom stereocenters. The third-order valence-corrected chi connectivity index (χ3v) is 5.11. The molecule has 17 heavy (non-hydrogen) atoms. The molecule has 3 nitrogen and oxygen atoms in total. The van der Waals surface area contributed by atoms with E-state index in [0.29, 0.717) is 6.04 Å². The van der Waals surface area contributed by atoms with E-state index in [1.54, 1.807) is 4.88 Å². The van der Waals surface area contributed by atoms with E-state index < -0.39 is 0 Å². The van der Waals surface area contributed by atoms with Gasteiger partial charge in [0, 0.05) is 23.4 Å². The lowest BCUT2D eigenvalue weighted by Crippen LogP contribution is -2.34. The quantitative estimate of drug-likeness (QED) is 0.842. The van der Waals surface area contributed by atoms with E-state index in [0.717, 1.165) is 18.2 Å². The lowest BCUT2D eigenvalue weighted by molar-refractivity contribution is 0.384. The van der Waals surface area contributed by atoms with Crippen LogP contribution in [0, 0.1) is 6.92 Å². The molecule has 0 aromatic carbocycles. The summed E-state index contributed by atoms with van der Waals surface area (Å²) in [6, 6.07) is 3.02. The second-order valence-electron chi connectivity index (χ2n) is 5.15. The van der Waals surface area contributed by atoms with Crippen LogP contribution in [0.3, 0.4) is 0 Å². The van der Waals surface area contributed by atoms with Crippen LogP contribution in [0.2, 0.25) is 0 Å². The maximum absolute atomic E-state index is 4.47. The Hall–Kier alpha value is -0.870. The molecular formula is C13H19N3S. The molecule has 92 valence electrons. The minimum Gasteiger partial charge on any atom is -0.314 e. The molecule has 1 N–H and O–H groups in total. The zero-order valence-corrected chi connectivity index (χ0v) is 11.5. The molecule has 1 saturated heterocycles. The maximum Gasteiger partial charge on any atom is 0.121 e. The van der Waals surface area contributed by atoms with Gasteiger partial charge in [0.1, 0.15) is 4.83 Å². The molecule has 1 aliphatic heterocycles. The monoisotopic (exact) mass is 249 g/mol. The predicted molar refractivity (Wildman–Crippen MR) is 72.8 cm³/mol. The van der Waals surface area contributed by atoms with Crippen molar-refractivity contribution >= 4 is 21.6 Å². The van der Waals surface area contributed by atoms with E-state index >= 15 is 0 Å². The number of thiophene rings is 1. The Bertz CT molecular complexity index is 506. The van der Waals surface area contributed by atoms with Crippen molar-refractivity contribution in [3.8, 4) is 0 Å². The number of rotatable bonds is 1. The third-order valence-electron chi connectivity index (χ3n) is 3.74. The van der Waals surface area contributed by atoms with Gasteiger partial charge in [0.25, 0.3) is 0 Å². The van der Waals surface area contributed by atoms with Crippen molar-refractivity contribution in [3.05, 3.63) is 16.6 Å². The summed E-state index contributed by atoms with van der Waals surface area (Å²) in [6.07, 6.45) is 2.53. The summed E-state index contributed by atoms with van der Waals surface area (Å²) in [5.41, 5.74) is 1.16. The van der Waals surface area contributed by atoms with Gasteiger partial charge in [-0.1, -0.05) is 0 Å². The second kappa shape index (κ2) is 4.10. The Labute approximate surface area is 106 Å². The van der Waals surface area contributed by atoms with E-state index in [1.807, 2.05) is 23.1 Å². The SMILES string of the molecule is Cc1nn(C)c2sc(C3CCNC(C)C3)cc12. The molecule has 3 heterocycles. The Balaban J connectivity index is 1.97. The summed E-state index contributed by atoms with van der Waals surface area (Å²) in [5, 5.41) is 9.33. The first kappa shape index (κ1) is 11.2. The van der Waals surface area contributed by atoms with Crippen molar-refractivity contribution in [2.24, 2.45) is 7.05 Å². The van der Waals surface area contributed by atoms with Crippen LogP contribution in [0.1, 0.15) is 36.3 Å². The summed E-state index contributed by atoms with van der Waals surface area (Å²) >= 11 is 1.93. The van der Waals surface area contributed by atoms with Crippen molar-refractivity contribution in [2.75, 3.05) is 6.54 Å². The van der Waals surface area contributed by atoms with Crippen molar-refractivity contribution in [3.63, 3.8) is 0 Å². The fourth-order valence-electron chi connectivity index (χ4n) is 2.82. The van der Waals surface area contributed by atoms with Gasteiger partial charge in [0.05, 0.1) is 5.69 Å². The molecule has 4 heteroatoms. The van der Waals surface area contributed by atoms with Gasteiger partial charge < -0.3 is 5.32 Å². The molecule has 2 aromatic rings. The number of aromatic nitrogens is 2. The highest BCUT2D eigenvalue weighted by Crippen LogP contribution is 2.37. The number of nitrogens with one attached hydrogen (secondary N) is 1. The van der Waals surface area contributed by atoms with Gasteiger partial charge in [0.2, 0.25) is 0 Å². The van der Waals surface area contributed by atoms with Gasteiger partial charge in [0.15, 0.2) is 0 Å². The van der Waals surface area contributed by atoms with Crippen molar-refractivity contribution in [1.82, 2.24) is 15.1 Å². The Kier molecular flexibility index (Phi) is 2.71. The summed E-state index contributed by atoms with van der Waals surface area (Å²) in [4.78, 5) is 2.87. The minimum atomic E-state index is 0.651. The van der Waals surface area contributed by atoms with Crippen LogP contribution in [0.15, 0.2) is 6.07 Å². The van der Waals surface area contributed by atoms with E-state index in [1.165, 1.54) is 23.1 Å². The third kappa shape index (κ3) is 1.89. The van der Waals surface area contributed by atoms with Crippen LogP contribution < -0.4 is 5.32 Å². The van der Waals surface area contributed by atoms with Crippen LogP contribution >= 0.6 is 11.3 Å². The molecular weight excluding hydrogens is 230 g/mol. The molecule has 0 aliphatic carbocycles. The Morgan fingerprint density at radius 1 is 1.53 bits per heavy atom. The highest BCUT2D eigenvalue weighted by Gasteiger charge is 2.22. The summed E-state index contributed by atoms with van der Waals surface area (Å²) in [7, 11) is 2.04. The molecule has 1 fully saturated rings. The predicted octanol–water partition coefficient (Wildman–Crippen LogP) is 2.80. The molecule has 0 amide bonds. The standard InChI is InChI=1S/C13H19N3S/c1-8-6-10(4-5-14-8)12-7-11-9(2)15-16(3)13(11)17-12/h7-8,10,14H,4-6H2,1-3H3. The first-order valence-electron chi connectivity index (χ1n) is 6.31. The van der Waals surface area contributed by atoms with Crippen LogP contribution in [0.5, 0.6) is 0 Å². The van der Waals surface area contributed by atoms with Crippen molar-refractivity contribution in [2.45, 2.75) is 38.6 Å². The average Bonchev–Trinajstić information content (AvgIpc) is 2.82. The first-order valence-corrected chi connectivity index (χ1v) is 7.13. The van der Waals surface area contributed by atoms with Crippen LogP contribution in [0.4, 0.5) is 0 Å². The smallest absolute Gasteiger partial charge is 0.121 e. The molecule has 2 aromatic heterocycles. The van der Waals surface area contributed by atoms with Crippen LogP contribution in [-0.2, 0) is 7.05 Å². The average molecular weight is 249 g/mol. The van der Waals surface area contributed by atoms with Crippen LogP contribution in [-0.4, -0.2) is 22.4 Å². The zero-order valence-electron chi connectivity index (χ0n) is 10.7. The van der Waals surface area contributed by atoms with E-state index in [-0.39, 0.29) is 0 Å². The zero-order chi connectivity index (χ0) is 12.0. The first-order chi connectivity index (χ1) is 8.15. The minimum absolute atomic E-state index is 0.651. The molecule has 3 rings (SSSR count). The number of fused-ring (bicyclic) bond motifs is 1. The molecule has 0 saturated carbocycles. The number of hydrogen-bond acceptors (Lipinski definition) is 3. The molecule has 2 atom stereocenters. The van der Waals surface area contributed by atoms with Gasteiger partial charge in [-0.15, -0.1) is 11.3 Å². The van der Waals surface area contributed by atoms with Gasteiger partial charge in [-0.05, 0) is 45.2 Å². The highest BCUT2D eigenvalue weighted by atomic mass is 32.1. The largest absolute Gasteiger partial charge is 0.314 e. The van der Waals surface area contributed by atoms with Crippen molar-refractivity contribution in [1.29, 1.82) is 0 Å².